The van der Waals surface area contributed by atoms with Gasteiger partial charge in [0.25, 0.3) is 5.91 Å². The SMILES string of the molecule is Cc1cc(NC(=O)c2ccccc2I)n(-c2cccc(Cl)c2)n1. The third-order valence-corrected chi connectivity index (χ3v) is 4.42. The number of hydrogen-bond donors (Lipinski definition) is 1. The summed E-state index contributed by atoms with van der Waals surface area (Å²) in [6, 6.07) is 16.6. The lowest BCUT2D eigenvalue weighted by molar-refractivity contribution is 0.102. The quantitative estimate of drug-likeness (QED) is 0.604. The van der Waals surface area contributed by atoms with E-state index in [1.54, 1.807) is 22.9 Å². The Morgan fingerprint density at radius 3 is 2.70 bits per heavy atom. The molecule has 1 amide bonds. The van der Waals surface area contributed by atoms with Crippen molar-refractivity contribution in [2.45, 2.75) is 6.92 Å². The summed E-state index contributed by atoms with van der Waals surface area (Å²) in [4.78, 5) is 12.5. The van der Waals surface area contributed by atoms with Gasteiger partial charge in [-0.15, -0.1) is 0 Å². The molecule has 0 atom stereocenters. The van der Waals surface area contributed by atoms with Gasteiger partial charge in [0, 0.05) is 14.7 Å². The highest BCUT2D eigenvalue weighted by molar-refractivity contribution is 14.1. The average Bonchev–Trinajstić information content (AvgIpc) is 2.88. The molecule has 0 radical (unpaired) electrons. The Morgan fingerprint density at radius 1 is 1.17 bits per heavy atom. The van der Waals surface area contributed by atoms with Crippen LogP contribution in [0.3, 0.4) is 0 Å². The van der Waals surface area contributed by atoms with Crippen LogP contribution in [0.2, 0.25) is 5.02 Å². The van der Waals surface area contributed by atoms with E-state index in [0.717, 1.165) is 15.0 Å². The molecule has 1 N–H and O–H groups in total. The van der Waals surface area contributed by atoms with Crippen molar-refractivity contribution in [3.05, 3.63) is 74.4 Å². The van der Waals surface area contributed by atoms with E-state index in [-0.39, 0.29) is 5.91 Å². The van der Waals surface area contributed by atoms with Gasteiger partial charge in [0.05, 0.1) is 16.9 Å². The van der Waals surface area contributed by atoms with Crippen molar-refractivity contribution in [3.8, 4) is 5.69 Å². The Hall–Kier alpha value is -1.86. The zero-order valence-corrected chi connectivity index (χ0v) is 15.2. The van der Waals surface area contributed by atoms with Crippen molar-refractivity contribution in [2.24, 2.45) is 0 Å². The van der Waals surface area contributed by atoms with Crippen LogP contribution in [0.25, 0.3) is 5.69 Å². The fourth-order valence-corrected chi connectivity index (χ4v) is 3.04. The maximum absolute atomic E-state index is 12.5. The number of carbonyl (C=O) groups is 1. The first-order valence-electron chi connectivity index (χ1n) is 6.93. The van der Waals surface area contributed by atoms with Crippen molar-refractivity contribution in [1.29, 1.82) is 0 Å². The topological polar surface area (TPSA) is 46.9 Å². The molecular weight excluding hydrogens is 425 g/mol. The highest BCUT2D eigenvalue weighted by Crippen LogP contribution is 2.21. The molecule has 3 rings (SSSR count). The first-order valence-corrected chi connectivity index (χ1v) is 8.39. The molecule has 0 bridgehead atoms. The molecule has 3 aromatic rings. The van der Waals surface area contributed by atoms with Crippen molar-refractivity contribution < 1.29 is 4.79 Å². The van der Waals surface area contributed by atoms with Crippen molar-refractivity contribution in [1.82, 2.24) is 9.78 Å². The highest BCUT2D eigenvalue weighted by atomic mass is 127. The predicted octanol–water partition coefficient (Wildman–Crippen LogP) is 4.69. The van der Waals surface area contributed by atoms with Crippen LogP contribution in [0, 0.1) is 10.5 Å². The smallest absolute Gasteiger partial charge is 0.257 e. The third kappa shape index (κ3) is 3.56. The molecule has 1 aromatic heterocycles. The Kier molecular flexibility index (Phi) is 4.68. The van der Waals surface area contributed by atoms with Crippen molar-refractivity contribution in [3.63, 3.8) is 0 Å². The summed E-state index contributed by atoms with van der Waals surface area (Å²) < 4.78 is 2.57. The van der Waals surface area contributed by atoms with E-state index in [2.05, 4.69) is 33.0 Å². The summed E-state index contributed by atoms with van der Waals surface area (Å²) in [7, 11) is 0. The van der Waals surface area contributed by atoms with Gasteiger partial charge < -0.3 is 5.32 Å². The van der Waals surface area contributed by atoms with Crippen LogP contribution >= 0.6 is 34.2 Å². The third-order valence-electron chi connectivity index (χ3n) is 3.24. The summed E-state index contributed by atoms with van der Waals surface area (Å²) in [5.41, 5.74) is 2.23. The van der Waals surface area contributed by atoms with E-state index in [1.807, 2.05) is 43.3 Å². The normalized spacial score (nSPS) is 10.6. The lowest BCUT2D eigenvalue weighted by Crippen LogP contribution is -2.16. The van der Waals surface area contributed by atoms with E-state index in [0.29, 0.717) is 16.4 Å². The number of anilines is 1. The summed E-state index contributed by atoms with van der Waals surface area (Å²) in [6.07, 6.45) is 0. The highest BCUT2D eigenvalue weighted by Gasteiger charge is 2.14. The molecule has 0 aliphatic heterocycles. The summed E-state index contributed by atoms with van der Waals surface area (Å²) in [5.74, 6) is 0.438. The molecule has 0 unspecified atom stereocenters. The number of halogens is 2. The minimum absolute atomic E-state index is 0.168. The molecule has 0 saturated heterocycles. The number of aryl methyl sites for hydroxylation is 1. The maximum atomic E-state index is 12.5. The van der Waals surface area contributed by atoms with Crippen LogP contribution in [0.4, 0.5) is 5.82 Å². The number of amides is 1. The van der Waals surface area contributed by atoms with Crippen molar-refractivity contribution in [2.75, 3.05) is 5.32 Å². The standard InChI is InChI=1S/C17H13ClIN3O/c1-11-9-16(20-17(23)14-7-2-3-8-15(14)19)22(21-11)13-6-4-5-12(18)10-13/h2-10H,1H3,(H,20,23). The molecule has 6 heteroatoms. The van der Waals surface area contributed by atoms with Crippen LogP contribution < -0.4 is 5.32 Å². The summed E-state index contributed by atoms with van der Waals surface area (Å²) in [6.45, 7) is 1.88. The average molecular weight is 438 g/mol. The molecule has 0 saturated carbocycles. The van der Waals surface area contributed by atoms with Gasteiger partial charge in [-0.25, -0.2) is 4.68 Å². The summed E-state index contributed by atoms with van der Waals surface area (Å²) >= 11 is 8.19. The van der Waals surface area contributed by atoms with Gasteiger partial charge in [0.15, 0.2) is 0 Å². The lowest BCUT2D eigenvalue weighted by atomic mass is 10.2. The first kappa shape index (κ1) is 16.0. The number of rotatable bonds is 3. The monoisotopic (exact) mass is 437 g/mol. The molecule has 1 heterocycles. The molecule has 0 spiro atoms. The van der Waals surface area contributed by atoms with E-state index in [4.69, 9.17) is 11.6 Å². The van der Waals surface area contributed by atoms with E-state index >= 15 is 0 Å². The van der Waals surface area contributed by atoms with Gasteiger partial charge in [-0.2, -0.15) is 5.10 Å². The van der Waals surface area contributed by atoms with Gasteiger partial charge in [-0.1, -0.05) is 29.8 Å². The lowest BCUT2D eigenvalue weighted by Gasteiger charge is -2.10. The Labute approximate surface area is 152 Å². The molecule has 4 nitrogen and oxygen atoms in total. The van der Waals surface area contributed by atoms with E-state index in [9.17, 15) is 4.79 Å². The van der Waals surface area contributed by atoms with Crippen LogP contribution in [-0.4, -0.2) is 15.7 Å². The Balaban J connectivity index is 1.95. The number of nitrogens with one attached hydrogen (secondary N) is 1. The molecular formula is C17H13ClIN3O. The van der Waals surface area contributed by atoms with Crippen LogP contribution in [-0.2, 0) is 0 Å². The number of benzene rings is 2. The molecule has 0 fully saturated rings. The first-order chi connectivity index (χ1) is 11.0. The second kappa shape index (κ2) is 6.72. The van der Waals surface area contributed by atoms with Gasteiger partial charge in [-0.05, 0) is 59.8 Å². The molecule has 23 heavy (non-hydrogen) atoms. The van der Waals surface area contributed by atoms with E-state index < -0.39 is 0 Å². The zero-order chi connectivity index (χ0) is 16.4. The molecule has 0 aliphatic rings. The second-order valence-corrected chi connectivity index (χ2v) is 6.60. The number of hydrogen-bond acceptors (Lipinski definition) is 2. The minimum Gasteiger partial charge on any atom is -0.306 e. The number of carbonyl (C=O) groups excluding carboxylic acids is 1. The predicted molar refractivity (Wildman–Crippen MR) is 100 cm³/mol. The van der Waals surface area contributed by atoms with Gasteiger partial charge >= 0.3 is 0 Å². The zero-order valence-electron chi connectivity index (χ0n) is 12.3. The number of aromatic nitrogens is 2. The van der Waals surface area contributed by atoms with E-state index in [1.165, 1.54) is 0 Å². The largest absolute Gasteiger partial charge is 0.306 e. The maximum Gasteiger partial charge on any atom is 0.257 e. The van der Waals surface area contributed by atoms with Crippen LogP contribution in [0.1, 0.15) is 16.1 Å². The van der Waals surface area contributed by atoms with Crippen molar-refractivity contribution >= 4 is 45.9 Å². The van der Waals surface area contributed by atoms with Crippen LogP contribution in [0.5, 0.6) is 0 Å². The number of nitrogens with zero attached hydrogens (tertiary/aromatic N) is 2. The molecule has 0 aliphatic carbocycles. The van der Waals surface area contributed by atoms with Crippen LogP contribution in [0.15, 0.2) is 54.6 Å². The fourth-order valence-electron chi connectivity index (χ4n) is 2.22. The fraction of sp³-hybridized carbons (Fsp3) is 0.0588. The Bertz CT molecular complexity index is 876. The molecule has 2 aromatic carbocycles. The van der Waals surface area contributed by atoms with Gasteiger partial charge in [0.1, 0.15) is 5.82 Å². The minimum atomic E-state index is -0.168. The Morgan fingerprint density at radius 2 is 1.96 bits per heavy atom. The second-order valence-electron chi connectivity index (χ2n) is 5.00. The molecule has 116 valence electrons. The van der Waals surface area contributed by atoms with Gasteiger partial charge in [0.2, 0.25) is 0 Å². The van der Waals surface area contributed by atoms with Gasteiger partial charge in [-0.3, -0.25) is 4.79 Å². The summed E-state index contributed by atoms with van der Waals surface area (Å²) in [5, 5.41) is 7.97.